The number of aliphatic hydroxyl groups excluding tert-OH is 1. The van der Waals surface area contributed by atoms with E-state index in [0.717, 1.165) is 64.2 Å². The molecule has 168 valence electrons. The standard InChI is InChI=1S/C26H37N3O2/c27-24-12-16-28(17-13-24)18-21-6-8-26(9-7-21)31-20-25(30)19-29-14-10-23(11-15-29)22-4-2-1-3-5-22/h1-9,23-25,30H,10-20,27H2. The van der Waals surface area contributed by atoms with E-state index < -0.39 is 6.10 Å². The first-order valence-corrected chi connectivity index (χ1v) is 11.8. The molecule has 3 N–H and O–H groups in total. The van der Waals surface area contributed by atoms with Gasteiger partial charge in [0, 0.05) is 19.1 Å². The zero-order valence-electron chi connectivity index (χ0n) is 18.5. The van der Waals surface area contributed by atoms with Gasteiger partial charge in [-0.05, 0) is 81.0 Å². The number of nitrogens with zero attached hydrogens (tertiary/aromatic N) is 2. The van der Waals surface area contributed by atoms with Crippen LogP contribution in [0.5, 0.6) is 5.75 Å². The molecule has 0 saturated carbocycles. The van der Waals surface area contributed by atoms with E-state index in [2.05, 4.69) is 52.3 Å². The minimum absolute atomic E-state index is 0.335. The van der Waals surface area contributed by atoms with Crippen molar-refractivity contribution in [1.82, 2.24) is 9.80 Å². The Bertz CT molecular complexity index is 767. The first-order chi connectivity index (χ1) is 15.2. The van der Waals surface area contributed by atoms with Gasteiger partial charge in [-0.3, -0.25) is 4.90 Å². The highest BCUT2D eigenvalue weighted by molar-refractivity contribution is 5.27. The van der Waals surface area contributed by atoms with E-state index in [1.54, 1.807) is 0 Å². The summed E-state index contributed by atoms with van der Waals surface area (Å²) in [5.41, 5.74) is 8.73. The van der Waals surface area contributed by atoms with Crippen LogP contribution in [0.2, 0.25) is 0 Å². The molecular weight excluding hydrogens is 386 g/mol. The highest BCUT2D eigenvalue weighted by atomic mass is 16.5. The van der Waals surface area contributed by atoms with Gasteiger partial charge in [0.05, 0.1) is 0 Å². The number of β-amino-alcohol motifs (C(OH)–C–C–N with tert-alkyl or cyclic N) is 1. The van der Waals surface area contributed by atoms with Gasteiger partial charge in [-0.1, -0.05) is 42.5 Å². The van der Waals surface area contributed by atoms with Crippen molar-refractivity contribution in [2.75, 3.05) is 39.3 Å². The Balaban J connectivity index is 1.15. The lowest BCUT2D eigenvalue weighted by Crippen LogP contribution is -2.40. The molecule has 0 aromatic heterocycles. The number of hydrogen-bond acceptors (Lipinski definition) is 5. The molecule has 4 rings (SSSR count). The number of aliphatic hydroxyl groups is 1. The molecule has 0 aliphatic carbocycles. The van der Waals surface area contributed by atoms with Gasteiger partial charge in [0.1, 0.15) is 18.5 Å². The highest BCUT2D eigenvalue weighted by Crippen LogP contribution is 2.27. The van der Waals surface area contributed by atoms with Crippen LogP contribution in [0, 0.1) is 0 Å². The van der Waals surface area contributed by atoms with Gasteiger partial charge in [-0.15, -0.1) is 0 Å². The maximum Gasteiger partial charge on any atom is 0.119 e. The fraction of sp³-hybridized carbons (Fsp3) is 0.538. The molecule has 2 aromatic rings. The van der Waals surface area contributed by atoms with Crippen LogP contribution in [-0.4, -0.2) is 66.4 Å². The van der Waals surface area contributed by atoms with Crippen LogP contribution >= 0.6 is 0 Å². The fourth-order valence-corrected chi connectivity index (χ4v) is 4.78. The molecule has 2 fully saturated rings. The summed E-state index contributed by atoms with van der Waals surface area (Å²) in [6.45, 7) is 6.20. The van der Waals surface area contributed by atoms with Gasteiger partial charge < -0.3 is 20.5 Å². The van der Waals surface area contributed by atoms with Crippen LogP contribution in [0.3, 0.4) is 0 Å². The Hall–Kier alpha value is -1.92. The van der Waals surface area contributed by atoms with E-state index in [1.165, 1.54) is 11.1 Å². The summed E-state index contributed by atoms with van der Waals surface area (Å²) in [6, 6.07) is 19.5. The smallest absolute Gasteiger partial charge is 0.119 e. The number of piperidine rings is 2. The van der Waals surface area contributed by atoms with Crippen LogP contribution in [-0.2, 0) is 6.54 Å². The lowest BCUT2D eigenvalue weighted by molar-refractivity contribution is 0.0594. The van der Waals surface area contributed by atoms with Crippen molar-refractivity contribution in [1.29, 1.82) is 0 Å². The molecule has 0 bridgehead atoms. The van der Waals surface area contributed by atoms with Crippen LogP contribution in [0.25, 0.3) is 0 Å². The van der Waals surface area contributed by atoms with Crippen molar-refractivity contribution in [2.45, 2.75) is 50.3 Å². The second kappa shape index (κ2) is 11.1. The molecule has 1 atom stereocenters. The first-order valence-electron chi connectivity index (χ1n) is 11.8. The monoisotopic (exact) mass is 423 g/mol. The number of ether oxygens (including phenoxy) is 1. The van der Waals surface area contributed by atoms with E-state index in [-0.39, 0.29) is 0 Å². The lowest BCUT2D eigenvalue weighted by atomic mass is 9.89. The van der Waals surface area contributed by atoms with Gasteiger partial charge in [-0.2, -0.15) is 0 Å². The molecule has 5 heteroatoms. The van der Waals surface area contributed by atoms with E-state index >= 15 is 0 Å². The van der Waals surface area contributed by atoms with Crippen molar-refractivity contribution in [2.24, 2.45) is 5.73 Å². The SMILES string of the molecule is NC1CCN(Cc2ccc(OCC(O)CN3CCC(c4ccccc4)CC3)cc2)CC1. The molecule has 1 unspecified atom stereocenters. The van der Waals surface area contributed by atoms with Crippen LogP contribution in [0.15, 0.2) is 54.6 Å². The molecule has 5 nitrogen and oxygen atoms in total. The summed E-state index contributed by atoms with van der Waals surface area (Å²) in [4.78, 5) is 4.82. The van der Waals surface area contributed by atoms with E-state index in [1.807, 2.05) is 12.1 Å². The number of hydrogen-bond donors (Lipinski definition) is 2. The summed E-state index contributed by atoms with van der Waals surface area (Å²) < 4.78 is 5.85. The maximum atomic E-state index is 10.5. The predicted molar refractivity (Wildman–Crippen MR) is 125 cm³/mol. The van der Waals surface area contributed by atoms with Gasteiger partial charge in [0.15, 0.2) is 0 Å². The largest absolute Gasteiger partial charge is 0.491 e. The Morgan fingerprint density at radius 2 is 1.52 bits per heavy atom. The topological polar surface area (TPSA) is 62.0 Å². The van der Waals surface area contributed by atoms with E-state index in [4.69, 9.17) is 10.5 Å². The van der Waals surface area contributed by atoms with E-state index in [9.17, 15) is 5.11 Å². The lowest BCUT2D eigenvalue weighted by Gasteiger charge is -2.33. The number of nitrogens with two attached hydrogens (primary N) is 1. The van der Waals surface area contributed by atoms with Crippen LogP contribution in [0.4, 0.5) is 0 Å². The Kier molecular flexibility index (Phi) is 7.97. The zero-order valence-corrected chi connectivity index (χ0v) is 18.5. The van der Waals surface area contributed by atoms with Crippen LogP contribution < -0.4 is 10.5 Å². The second-order valence-corrected chi connectivity index (χ2v) is 9.21. The van der Waals surface area contributed by atoms with Gasteiger partial charge in [0.25, 0.3) is 0 Å². The highest BCUT2D eigenvalue weighted by Gasteiger charge is 2.22. The molecule has 0 amide bonds. The van der Waals surface area contributed by atoms with Crippen molar-refractivity contribution in [3.05, 3.63) is 65.7 Å². The average Bonchev–Trinajstić information content (AvgIpc) is 2.81. The molecule has 0 spiro atoms. The van der Waals surface area contributed by atoms with Gasteiger partial charge in [0.2, 0.25) is 0 Å². The third-order valence-electron chi connectivity index (χ3n) is 6.73. The van der Waals surface area contributed by atoms with Crippen LogP contribution in [0.1, 0.15) is 42.7 Å². The van der Waals surface area contributed by atoms with Crippen molar-refractivity contribution >= 4 is 0 Å². The predicted octanol–water partition coefficient (Wildman–Crippen LogP) is 3.23. The zero-order chi connectivity index (χ0) is 21.5. The minimum atomic E-state index is -0.467. The Labute approximate surface area is 186 Å². The molecule has 2 aromatic carbocycles. The van der Waals surface area contributed by atoms with Gasteiger partial charge in [-0.25, -0.2) is 0 Å². The third kappa shape index (κ3) is 6.78. The second-order valence-electron chi connectivity index (χ2n) is 9.21. The number of benzene rings is 2. The molecule has 2 heterocycles. The summed E-state index contributed by atoms with van der Waals surface area (Å²) in [5.74, 6) is 1.47. The maximum absolute atomic E-state index is 10.5. The quantitative estimate of drug-likeness (QED) is 0.683. The summed E-state index contributed by atoms with van der Waals surface area (Å²) in [5, 5.41) is 10.5. The summed E-state index contributed by atoms with van der Waals surface area (Å²) in [7, 11) is 0. The van der Waals surface area contributed by atoms with Crippen molar-refractivity contribution in [3.63, 3.8) is 0 Å². The Morgan fingerprint density at radius 1 is 0.871 bits per heavy atom. The summed E-state index contributed by atoms with van der Waals surface area (Å²) in [6.07, 6.45) is 4.02. The minimum Gasteiger partial charge on any atom is -0.491 e. The average molecular weight is 424 g/mol. The van der Waals surface area contributed by atoms with Crippen molar-refractivity contribution in [3.8, 4) is 5.75 Å². The molecular formula is C26H37N3O2. The third-order valence-corrected chi connectivity index (χ3v) is 6.73. The molecule has 2 aliphatic rings. The van der Waals surface area contributed by atoms with E-state index in [0.29, 0.717) is 25.1 Å². The summed E-state index contributed by atoms with van der Waals surface area (Å²) >= 11 is 0. The first kappa shape index (κ1) is 22.3. The fourth-order valence-electron chi connectivity index (χ4n) is 4.78. The van der Waals surface area contributed by atoms with Crippen molar-refractivity contribution < 1.29 is 9.84 Å². The number of rotatable bonds is 8. The molecule has 31 heavy (non-hydrogen) atoms. The Morgan fingerprint density at radius 3 is 2.19 bits per heavy atom. The number of likely N-dealkylation sites (tertiary alicyclic amines) is 2. The van der Waals surface area contributed by atoms with Gasteiger partial charge >= 0.3 is 0 Å². The molecule has 2 saturated heterocycles. The molecule has 0 radical (unpaired) electrons. The molecule has 2 aliphatic heterocycles. The normalized spacial score (nSPS) is 20.6.